The lowest BCUT2D eigenvalue weighted by atomic mass is 10.1. The molecule has 2 N–H and O–H groups in total. The topological polar surface area (TPSA) is 80.3 Å². The van der Waals surface area contributed by atoms with Gasteiger partial charge in [0.25, 0.3) is 5.91 Å². The highest BCUT2D eigenvalue weighted by molar-refractivity contribution is 7.17. The number of thiazole rings is 1. The van der Waals surface area contributed by atoms with Gasteiger partial charge in [-0.2, -0.15) is 0 Å². The molecule has 0 fully saturated rings. The van der Waals surface area contributed by atoms with Crippen LogP contribution in [0.5, 0.6) is 0 Å². The Bertz CT molecular complexity index is 1240. The molecule has 2 amide bonds. The Balaban J connectivity index is 1.54. The Morgan fingerprint density at radius 1 is 0.909 bits per heavy atom. The van der Waals surface area contributed by atoms with Crippen LogP contribution in [0.2, 0.25) is 0 Å². The van der Waals surface area contributed by atoms with E-state index in [2.05, 4.69) is 10.6 Å². The van der Waals surface area contributed by atoms with Crippen LogP contribution < -0.4 is 10.6 Å². The number of hydrogen-bond donors (Lipinski definition) is 2. The molecule has 7 heteroatoms. The average Bonchev–Trinajstić information content (AvgIpc) is 3.30. The molecule has 6 nitrogen and oxygen atoms in total. The summed E-state index contributed by atoms with van der Waals surface area (Å²) in [4.78, 5) is 30.3. The lowest BCUT2D eigenvalue weighted by molar-refractivity contribution is -0.119. The number of benzene rings is 3. The summed E-state index contributed by atoms with van der Waals surface area (Å²) in [6.07, 6.45) is 0. The van der Waals surface area contributed by atoms with Crippen LogP contribution in [0.4, 0.5) is 5.69 Å². The fourth-order valence-corrected chi connectivity index (χ4v) is 4.33. The second-order valence-corrected chi connectivity index (χ2v) is 8.29. The van der Waals surface area contributed by atoms with Gasteiger partial charge >= 0.3 is 0 Å². The van der Waals surface area contributed by atoms with Gasteiger partial charge in [-0.3, -0.25) is 9.59 Å². The summed E-state index contributed by atoms with van der Waals surface area (Å²) in [6.45, 7) is 0.304. The summed E-state index contributed by atoms with van der Waals surface area (Å²) in [5.74, 6) is -0.424. The van der Waals surface area contributed by atoms with E-state index in [9.17, 15) is 9.59 Å². The van der Waals surface area contributed by atoms with E-state index in [1.165, 1.54) is 18.4 Å². The molecule has 1 aromatic heterocycles. The van der Waals surface area contributed by atoms with Crippen molar-refractivity contribution in [2.24, 2.45) is 0 Å². The van der Waals surface area contributed by atoms with Crippen molar-refractivity contribution < 1.29 is 14.3 Å². The van der Waals surface area contributed by atoms with Crippen LogP contribution in [0.3, 0.4) is 0 Å². The maximum Gasteiger partial charge on any atom is 0.263 e. The Morgan fingerprint density at radius 2 is 1.61 bits per heavy atom. The lowest BCUT2D eigenvalue weighted by Gasteiger charge is -2.09. The Labute approximate surface area is 196 Å². The number of ether oxygens (including phenoxy) is 1. The molecule has 4 aromatic rings. The summed E-state index contributed by atoms with van der Waals surface area (Å²) in [6, 6.07) is 26.9. The first-order chi connectivity index (χ1) is 16.1. The van der Waals surface area contributed by atoms with E-state index in [0.717, 1.165) is 21.7 Å². The number of nitrogens with zero attached hydrogens (tertiary/aromatic N) is 1. The van der Waals surface area contributed by atoms with Crippen LogP contribution in [-0.4, -0.2) is 30.5 Å². The van der Waals surface area contributed by atoms with Crippen molar-refractivity contribution >= 4 is 28.8 Å². The van der Waals surface area contributed by atoms with E-state index in [0.29, 0.717) is 22.8 Å². The molecular formula is C26H23N3O3S. The minimum Gasteiger partial charge on any atom is -0.375 e. The van der Waals surface area contributed by atoms with Gasteiger partial charge < -0.3 is 15.4 Å². The highest BCUT2D eigenvalue weighted by atomic mass is 32.1. The molecular weight excluding hydrogens is 434 g/mol. The monoisotopic (exact) mass is 457 g/mol. The van der Waals surface area contributed by atoms with E-state index in [1.807, 2.05) is 78.9 Å². The van der Waals surface area contributed by atoms with Crippen molar-refractivity contribution in [2.45, 2.75) is 6.54 Å². The van der Waals surface area contributed by atoms with E-state index >= 15 is 0 Å². The molecule has 0 aliphatic heterocycles. The molecule has 0 bridgehead atoms. The smallest absolute Gasteiger partial charge is 0.263 e. The van der Waals surface area contributed by atoms with E-state index in [4.69, 9.17) is 9.72 Å². The first-order valence-electron chi connectivity index (χ1n) is 10.4. The number of carbonyl (C=O) groups is 2. The molecule has 0 atom stereocenters. The van der Waals surface area contributed by atoms with Crippen molar-refractivity contribution in [1.29, 1.82) is 0 Å². The molecule has 0 unspecified atom stereocenters. The van der Waals surface area contributed by atoms with Crippen molar-refractivity contribution in [3.63, 3.8) is 0 Å². The molecule has 166 valence electrons. The summed E-state index contributed by atoms with van der Waals surface area (Å²) in [7, 11) is 1.47. The number of carbonyl (C=O) groups excluding carboxylic acids is 2. The molecule has 0 aliphatic rings. The number of hydrogen-bond acceptors (Lipinski definition) is 5. The van der Waals surface area contributed by atoms with E-state index in [-0.39, 0.29) is 18.4 Å². The van der Waals surface area contributed by atoms with Crippen molar-refractivity contribution in [3.05, 3.63) is 95.4 Å². The van der Waals surface area contributed by atoms with E-state index < -0.39 is 0 Å². The third-order valence-electron chi connectivity index (χ3n) is 4.84. The van der Waals surface area contributed by atoms with Gasteiger partial charge in [-0.15, -0.1) is 11.3 Å². The minimum atomic E-state index is -0.232. The van der Waals surface area contributed by atoms with Gasteiger partial charge in [-0.25, -0.2) is 4.98 Å². The summed E-state index contributed by atoms with van der Waals surface area (Å²) < 4.78 is 4.84. The molecule has 0 saturated carbocycles. The quantitative estimate of drug-likeness (QED) is 0.391. The van der Waals surface area contributed by atoms with Crippen LogP contribution in [0.15, 0.2) is 84.9 Å². The Kier molecular flexibility index (Phi) is 7.24. The maximum absolute atomic E-state index is 13.2. The highest BCUT2D eigenvalue weighted by Gasteiger charge is 2.20. The van der Waals surface area contributed by atoms with Crippen molar-refractivity contribution in [1.82, 2.24) is 10.3 Å². The van der Waals surface area contributed by atoms with Crippen LogP contribution in [0, 0.1) is 0 Å². The van der Waals surface area contributed by atoms with Crippen LogP contribution in [-0.2, 0) is 16.1 Å². The standard InChI is InChI=1S/C26H23N3O3S/c1-32-17-22(30)28-21-14-8-9-18(15-21)16-27-25(31)24-23(19-10-4-2-5-11-19)29-26(33-24)20-12-6-3-7-13-20/h2-15H,16-17H2,1H3,(H,27,31)(H,28,30). The zero-order valence-corrected chi connectivity index (χ0v) is 18.9. The highest BCUT2D eigenvalue weighted by Crippen LogP contribution is 2.33. The maximum atomic E-state index is 13.2. The molecule has 0 aliphatic carbocycles. The van der Waals surface area contributed by atoms with Gasteiger partial charge in [0, 0.05) is 30.5 Å². The normalized spacial score (nSPS) is 10.6. The zero-order valence-electron chi connectivity index (χ0n) is 18.1. The number of nitrogens with one attached hydrogen (secondary N) is 2. The zero-order chi connectivity index (χ0) is 23.0. The van der Waals surface area contributed by atoms with Crippen LogP contribution in [0.1, 0.15) is 15.2 Å². The van der Waals surface area contributed by atoms with Gasteiger partial charge in [0.15, 0.2) is 0 Å². The minimum absolute atomic E-state index is 0.0155. The molecule has 1 heterocycles. The Hall–Kier alpha value is -3.81. The average molecular weight is 458 g/mol. The number of rotatable bonds is 8. The summed E-state index contributed by atoms with van der Waals surface area (Å²) in [5.41, 5.74) is 4.05. The SMILES string of the molecule is COCC(=O)Nc1cccc(CNC(=O)c2sc(-c3ccccc3)nc2-c2ccccc2)c1. The molecule has 4 rings (SSSR count). The number of amides is 2. The predicted octanol–water partition coefficient (Wildman–Crippen LogP) is 4.99. The first-order valence-corrected chi connectivity index (χ1v) is 11.2. The lowest BCUT2D eigenvalue weighted by Crippen LogP contribution is -2.22. The molecule has 3 aromatic carbocycles. The van der Waals surface area contributed by atoms with Gasteiger partial charge in [0.05, 0.1) is 5.69 Å². The number of aromatic nitrogens is 1. The fourth-order valence-electron chi connectivity index (χ4n) is 3.32. The molecule has 0 saturated heterocycles. The largest absolute Gasteiger partial charge is 0.375 e. The molecule has 0 radical (unpaired) electrons. The summed E-state index contributed by atoms with van der Waals surface area (Å²) in [5, 5.41) is 6.55. The summed E-state index contributed by atoms with van der Waals surface area (Å²) >= 11 is 1.37. The first kappa shape index (κ1) is 22.4. The fraction of sp³-hybridized carbons (Fsp3) is 0.115. The molecule has 0 spiro atoms. The predicted molar refractivity (Wildman–Crippen MR) is 131 cm³/mol. The van der Waals surface area contributed by atoms with Crippen molar-refractivity contribution in [3.8, 4) is 21.8 Å². The van der Waals surface area contributed by atoms with Gasteiger partial charge in [0.2, 0.25) is 5.91 Å². The van der Waals surface area contributed by atoms with Gasteiger partial charge in [-0.1, -0.05) is 72.8 Å². The van der Waals surface area contributed by atoms with Gasteiger partial charge in [0.1, 0.15) is 16.5 Å². The number of anilines is 1. The van der Waals surface area contributed by atoms with E-state index in [1.54, 1.807) is 6.07 Å². The van der Waals surface area contributed by atoms with Gasteiger partial charge in [-0.05, 0) is 17.7 Å². The van der Waals surface area contributed by atoms with Crippen LogP contribution >= 0.6 is 11.3 Å². The van der Waals surface area contributed by atoms with Crippen molar-refractivity contribution in [2.75, 3.05) is 19.0 Å². The van der Waals surface area contributed by atoms with Crippen LogP contribution in [0.25, 0.3) is 21.8 Å². The molecule has 33 heavy (non-hydrogen) atoms. The second-order valence-electron chi connectivity index (χ2n) is 7.29. The third-order valence-corrected chi connectivity index (χ3v) is 5.94. The second kappa shape index (κ2) is 10.7. The third kappa shape index (κ3) is 5.71. The Morgan fingerprint density at radius 3 is 2.30 bits per heavy atom. The number of methoxy groups -OCH3 is 1.